The molecule has 0 aliphatic carbocycles. The minimum atomic E-state index is -0.537. The second-order valence-corrected chi connectivity index (χ2v) is 4.42. The van der Waals surface area contributed by atoms with Crippen molar-refractivity contribution in [1.29, 1.82) is 0 Å². The molecule has 21 heavy (non-hydrogen) atoms. The normalized spacial score (nSPS) is 10.5. The zero-order chi connectivity index (χ0) is 15.2. The number of carbonyl (C=O) groups is 1. The third-order valence-electron chi connectivity index (χ3n) is 2.73. The van der Waals surface area contributed by atoms with Crippen molar-refractivity contribution in [3.05, 3.63) is 75.8 Å². The lowest BCUT2D eigenvalue weighted by atomic mass is 10.2. The average molecular weight is 283 g/mol. The molecule has 0 saturated heterocycles. The zero-order valence-electron chi connectivity index (χ0n) is 11.4. The Labute approximate surface area is 121 Å². The van der Waals surface area contributed by atoms with Crippen LogP contribution in [-0.4, -0.2) is 10.9 Å². The number of benzene rings is 2. The lowest BCUT2D eigenvalue weighted by Gasteiger charge is -2.01. The van der Waals surface area contributed by atoms with E-state index in [1.165, 1.54) is 24.3 Å². The number of nitro groups is 1. The molecule has 2 aromatic rings. The van der Waals surface area contributed by atoms with Crippen LogP contribution in [0, 0.1) is 17.0 Å². The van der Waals surface area contributed by atoms with E-state index in [0.717, 1.165) is 5.56 Å². The maximum atomic E-state index is 11.6. The summed E-state index contributed by atoms with van der Waals surface area (Å²) in [7, 11) is 0. The molecule has 5 heteroatoms. The summed E-state index contributed by atoms with van der Waals surface area (Å²) in [5.41, 5.74) is 1.61. The van der Waals surface area contributed by atoms with Gasteiger partial charge < -0.3 is 4.74 Å². The standard InChI is InChI=1S/C16H13NO4/c1-12-5-8-15(9-6-12)21-16(18)10-7-13-3-2-4-14(11-13)17(19)20/h2-11H,1H3. The topological polar surface area (TPSA) is 69.4 Å². The van der Waals surface area contributed by atoms with Crippen molar-refractivity contribution < 1.29 is 14.5 Å². The molecular weight excluding hydrogens is 270 g/mol. The van der Waals surface area contributed by atoms with E-state index < -0.39 is 10.9 Å². The van der Waals surface area contributed by atoms with E-state index in [-0.39, 0.29) is 5.69 Å². The van der Waals surface area contributed by atoms with Crippen LogP contribution in [0.5, 0.6) is 5.75 Å². The van der Waals surface area contributed by atoms with Gasteiger partial charge in [0.2, 0.25) is 0 Å². The molecule has 0 atom stereocenters. The Bertz CT molecular complexity index is 690. The van der Waals surface area contributed by atoms with E-state index in [2.05, 4.69) is 0 Å². The number of non-ortho nitro benzene ring substituents is 1. The van der Waals surface area contributed by atoms with E-state index in [4.69, 9.17) is 4.74 Å². The van der Waals surface area contributed by atoms with Gasteiger partial charge in [0.25, 0.3) is 5.69 Å². The fourth-order valence-corrected chi connectivity index (χ4v) is 1.66. The molecule has 0 heterocycles. The Morgan fingerprint density at radius 3 is 2.57 bits per heavy atom. The number of nitrogens with zero attached hydrogens (tertiary/aromatic N) is 1. The van der Waals surface area contributed by atoms with Crippen LogP contribution in [0.15, 0.2) is 54.6 Å². The quantitative estimate of drug-likeness (QED) is 0.283. The zero-order valence-corrected chi connectivity index (χ0v) is 11.4. The number of carbonyl (C=O) groups excluding carboxylic acids is 1. The highest BCUT2D eigenvalue weighted by molar-refractivity contribution is 5.88. The first-order valence-electron chi connectivity index (χ1n) is 6.25. The Hall–Kier alpha value is -2.95. The first-order chi connectivity index (χ1) is 10.0. The van der Waals surface area contributed by atoms with Crippen LogP contribution in [0.1, 0.15) is 11.1 Å². The van der Waals surface area contributed by atoms with E-state index in [9.17, 15) is 14.9 Å². The van der Waals surface area contributed by atoms with Crippen molar-refractivity contribution in [2.45, 2.75) is 6.92 Å². The van der Waals surface area contributed by atoms with Crippen molar-refractivity contribution in [2.24, 2.45) is 0 Å². The summed E-state index contributed by atoms with van der Waals surface area (Å²) in [4.78, 5) is 21.8. The Morgan fingerprint density at radius 2 is 1.90 bits per heavy atom. The van der Waals surface area contributed by atoms with Crippen LogP contribution in [-0.2, 0) is 4.79 Å². The predicted molar refractivity (Wildman–Crippen MR) is 78.9 cm³/mol. The molecular formula is C16H13NO4. The first-order valence-corrected chi connectivity index (χ1v) is 6.25. The fourth-order valence-electron chi connectivity index (χ4n) is 1.66. The third-order valence-corrected chi connectivity index (χ3v) is 2.73. The first kappa shape index (κ1) is 14.5. The SMILES string of the molecule is Cc1ccc(OC(=O)C=Cc2cccc([N+](=O)[O-])c2)cc1. The van der Waals surface area contributed by atoms with Gasteiger partial charge in [-0.1, -0.05) is 29.8 Å². The van der Waals surface area contributed by atoms with Gasteiger partial charge in [-0.3, -0.25) is 10.1 Å². The molecule has 0 radical (unpaired) electrons. The molecule has 2 aromatic carbocycles. The van der Waals surface area contributed by atoms with E-state index in [0.29, 0.717) is 11.3 Å². The minimum Gasteiger partial charge on any atom is -0.423 e. The molecule has 0 aliphatic rings. The number of esters is 1. The Balaban J connectivity index is 2.03. The molecule has 0 spiro atoms. The highest BCUT2D eigenvalue weighted by Crippen LogP contribution is 2.15. The van der Waals surface area contributed by atoms with E-state index in [1.807, 2.05) is 19.1 Å². The smallest absolute Gasteiger partial charge is 0.336 e. The van der Waals surface area contributed by atoms with E-state index >= 15 is 0 Å². The highest BCUT2D eigenvalue weighted by atomic mass is 16.6. The molecule has 0 amide bonds. The molecule has 5 nitrogen and oxygen atoms in total. The summed E-state index contributed by atoms with van der Waals surface area (Å²) in [6, 6.07) is 13.1. The van der Waals surface area contributed by atoms with Crippen LogP contribution in [0.2, 0.25) is 0 Å². The molecule has 0 saturated carbocycles. The minimum absolute atomic E-state index is 0.0240. The van der Waals surface area contributed by atoms with Crippen LogP contribution < -0.4 is 4.74 Å². The average Bonchev–Trinajstić information content (AvgIpc) is 2.48. The monoisotopic (exact) mass is 283 g/mol. The van der Waals surface area contributed by atoms with Crippen LogP contribution in [0.4, 0.5) is 5.69 Å². The van der Waals surface area contributed by atoms with Crippen LogP contribution >= 0.6 is 0 Å². The summed E-state index contributed by atoms with van der Waals surface area (Å²) in [6.07, 6.45) is 2.71. The third kappa shape index (κ3) is 4.28. The number of hydrogen-bond donors (Lipinski definition) is 0. The second kappa shape index (κ2) is 6.47. The number of rotatable bonds is 4. The van der Waals surface area contributed by atoms with Gasteiger partial charge >= 0.3 is 5.97 Å². The highest BCUT2D eigenvalue weighted by Gasteiger charge is 2.04. The van der Waals surface area contributed by atoms with Crippen LogP contribution in [0.3, 0.4) is 0 Å². The summed E-state index contributed by atoms with van der Waals surface area (Å²) in [5.74, 6) is -0.0837. The second-order valence-electron chi connectivity index (χ2n) is 4.42. The maximum absolute atomic E-state index is 11.6. The number of ether oxygens (including phenoxy) is 1. The van der Waals surface area contributed by atoms with Gasteiger partial charge in [-0.15, -0.1) is 0 Å². The van der Waals surface area contributed by atoms with Crippen LogP contribution in [0.25, 0.3) is 6.08 Å². The molecule has 2 rings (SSSR count). The van der Waals surface area contributed by atoms with Gasteiger partial charge in [0.1, 0.15) is 5.75 Å². The predicted octanol–water partition coefficient (Wildman–Crippen LogP) is 3.52. The van der Waals surface area contributed by atoms with E-state index in [1.54, 1.807) is 24.3 Å². The summed E-state index contributed by atoms with van der Waals surface area (Å²) in [5, 5.41) is 10.6. The molecule has 0 bridgehead atoms. The van der Waals surface area contributed by atoms with Gasteiger partial charge in [-0.25, -0.2) is 4.79 Å². The van der Waals surface area contributed by atoms with Crippen molar-refractivity contribution in [3.63, 3.8) is 0 Å². The van der Waals surface area contributed by atoms with Crippen molar-refractivity contribution in [1.82, 2.24) is 0 Å². The Morgan fingerprint density at radius 1 is 1.19 bits per heavy atom. The fraction of sp³-hybridized carbons (Fsp3) is 0.0625. The Kier molecular flexibility index (Phi) is 4.46. The lowest BCUT2D eigenvalue weighted by molar-refractivity contribution is -0.384. The summed E-state index contributed by atoms with van der Waals surface area (Å²) < 4.78 is 5.11. The summed E-state index contributed by atoms with van der Waals surface area (Å²) >= 11 is 0. The molecule has 0 N–H and O–H groups in total. The van der Waals surface area contributed by atoms with Gasteiger partial charge in [-0.05, 0) is 30.7 Å². The van der Waals surface area contributed by atoms with Gasteiger partial charge in [0.15, 0.2) is 0 Å². The molecule has 0 unspecified atom stereocenters. The number of aryl methyl sites for hydroxylation is 1. The van der Waals surface area contributed by atoms with Gasteiger partial charge in [0, 0.05) is 18.2 Å². The summed E-state index contributed by atoms with van der Waals surface area (Å²) in [6.45, 7) is 1.94. The molecule has 0 aliphatic heterocycles. The van der Waals surface area contributed by atoms with Gasteiger partial charge in [0.05, 0.1) is 4.92 Å². The molecule has 106 valence electrons. The maximum Gasteiger partial charge on any atom is 0.336 e. The lowest BCUT2D eigenvalue weighted by Crippen LogP contribution is -2.03. The van der Waals surface area contributed by atoms with Crippen molar-refractivity contribution in [3.8, 4) is 5.75 Å². The molecule has 0 aromatic heterocycles. The van der Waals surface area contributed by atoms with Crippen molar-refractivity contribution in [2.75, 3.05) is 0 Å². The van der Waals surface area contributed by atoms with Gasteiger partial charge in [-0.2, -0.15) is 0 Å². The largest absolute Gasteiger partial charge is 0.423 e. The number of nitro benzene ring substituents is 1. The molecule has 0 fully saturated rings. The number of hydrogen-bond acceptors (Lipinski definition) is 4. The van der Waals surface area contributed by atoms with Crippen molar-refractivity contribution >= 4 is 17.7 Å².